The average molecular weight is 432 g/mol. The third kappa shape index (κ3) is 3.61. The molecule has 0 N–H and O–H groups in total. The van der Waals surface area contributed by atoms with Crippen LogP contribution in [0.15, 0.2) is 30.3 Å². The lowest BCUT2D eigenvalue weighted by Gasteiger charge is -2.48. The van der Waals surface area contributed by atoms with Crippen molar-refractivity contribution in [3.05, 3.63) is 35.9 Å². The van der Waals surface area contributed by atoms with Gasteiger partial charge in [0.2, 0.25) is 0 Å². The standard InChI is InChI=1S/C17H19F7N2OS/c18-15(19,16(20,21)17(22,23)24)14(26-6-8-27-9-7-26)11-25(12-28-14)10-13-4-2-1-3-5-13/h1-5H,6-12H2. The molecule has 2 aliphatic heterocycles. The number of hydrogen-bond acceptors (Lipinski definition) is 4. The Morgan fingerprint density at radius 2 is 1.57 bits per heavy atom. The molecule has 0 spiro atoms. The lowest BCUT2D eigenvalue weighted by molar-refractivity contribution is -0.370. The van der Waals surface area contributed by atoms with Crippen LogP contribution in [0, 0.1) is 0 Å². The van der Waals surface area contributed by atoms with Crippen molar-refractivity contribution in [1.82, 2.24) is 9.80 Å². The van der Waals surface area contributed by atoms with E-state index in [9.17, 15) is 30.7 Å². The van der Waals surface area contributed by atoms with Crippen LogP contribution in [0.4, 0.5) is 30.7 Å². The summed E-state index contributed by atoms with van der Waals surface area (Å²) < 4.78 is 101. The molecular formula is C17H19F7N2OS. The van der Waals surface area contributed by atoms with Crippen LogP contribution in [0.5, 0.6) is 0 Å². The molecule has 11 heteroatoms. The molecule has 0 aromatic heterocycles. The number of thioether (sulfide) groups is 1. The predicted molar refractivity (Wildman–Crippen MR) is 90.4 cm³/mol. The summed E-state index contributed by atoms with van der Waals surface area (Å²) in [6.07, 6.45) is -6.36. The first-order valence-electron chi connectivity index (χ1n) is 8.57. The van der Waals surface area contributed by atoms with Gasteiger partial charge in [-0.1, -0.05) is 30.3 Å². The molecule has 0 amide bonds. The molecule has 1 unspecified atom stereocenters. The van der Waals surface area contributed by atoms with Crippen molar-refractivity contribution in [1.29, 1.82) is 0 Å². The number of nitrogens with zero attached hydrogens (tertiary/aromatic N) is 2. The smallest absolute Gasteiger partial charge is 0.379 e. The Bertz CT molecular complexity index is 667. The van der Waals surface area contributed by atoms with Gasteiger partial charge in [0, 0.05) is 32.1 Å². The van der Waals surface area contributed by atoms with Gasteiger partial charge in [0.05, 0.1) is 13.2 Å². The van der Waals surface area contributed by atoms with Crippen molar-refractivity contribution in [3.8, 4) is 0 Å². The summed E-state index contributed by atoms with van der Waals surface area (Å²) in [6, 6.07) is 8.71. The summed E-state index contributed by atoms with van der Waals surface area (Å²) >= 11 is 0.440. The van der Waals surface area contributed by atoms with Gasteiger partial charge in [0.1, 0.15) is 0 Å². The molecule has 0 radical (unpaired) electrons. The molecule has 3 nitrogen and oxygen atoms in total. The molecule has 0 saturated carbocycles. The molecule has 2 heterocycles. The van der Waals surface area contributed by atoms with E-state index in [1.807, 2.05) is 0 Å². The van der Waals surface area contributed by atoms with Gasteiger partial charge in [-0.05, 0) is 5.56 Å². The molecule has 2 saturated heterocycles. The molecule has 0 bridgehead atoms. The lowest BCUT2D eigenvalue weighted by atomic mass is 9.98. The zero-order valence-corrected chi connectivity index (χ0v) is 15.5. The van der Waals surface area contributed by atoms with Gasteiger partial charge >= 0.3 is 18.0 Å². The van der Waals surface area contributed by atoms with Gasteiger partial charge in [0.25, 0.3) is 0 Å². The fourth-order valence-corrected chi connectivity index (χ4v) is 4.99. The minimum Gasteiger partial charge on any atom is -0.379 e. The second-order valence-corrected chi connectivity index (χ2v) is 8.00. The number of rotatable bonds is 5. The van der Waals surface area contributed by atoms with Crippen molar-refractivity contribution in [2.45, 2.75) is 29.4 Å². The zero-order chi connectivity index (χ0) is 20.6. The summed E-state index contributed by atoms with van der Waals surface area (Å²) in [5.41, 5.74) is 0.756. The average Bonchev–Trinajstić information content (AvgIpc) is 3.08. The van der Waals surface area contributed by atoms with Crippen LogP contribution in [-0.2, 0) is 11.3 Å². The van der Waals surface area contributed by atoms with E-state index in [-0.39, 0.29) is 38.7 Å². The molecule has 2 aliphatic rings. The topological polar surface area (TPSA) is 15.7 Å². The molecule has 1 atom stereocenters. The molecule has 28 heavy (non-hydrogen) atoms. The first-order chi connectivity index (χ1) is 13.0. The summed E-state index contributed by atoms with van der Waals surface area (Å²) in [5.74, 6) is -11.6. The van der Waals surface area contributed by atoms with Crippen LogP contribution in [0.3, 0.4) is 0 Å². The Hall–Kier alpha value is -1.04. The van der Waals surface area contributed by atoms with Crippen molar-refractivity contribution < 1.29 is 35.5 Å². The highest BCUT2D eigenvalue weighted by Crippen LogP contribution is 2.58. The van der Waals surface area contributed by atoms with Gasteiger partial charge < -0.3 is 4.74 Å². The zero-order valence-electron chi connectivity index (χ0n) is 14.7. The Kier molecular flexibility index (Phi) is 5.92. The summed E-state index contributed by atoms with van der Waals surface area (Å²) in [4.78, 5) is -0.216. The van der Waals surface area contributed by atoms with E-state index in [0.29, 0.717) is 11.8 Å². The molecule has 1 aromatic carbocycles. The van der Waals surface area contributed by atoms with E-state index in [2.05, 4.69) is 0 Å². The van der Waals surface area contributed by atoms with Gasteiger partial charge in [-0.25, -0.2) is 0 Å². The molecule has 2 fully saturated rings. The third-order valence-corrected chi connectivity index (χ3v) is 6.55. The summed E-state index contributed by atoms with van der Waals surface area (Å²) in [6.45, 7) is -0.742. The number of morpholine rings is 1. The maximum absolute atomic E-state index is 15.0. The monoisotopic (exact) mass is 432 g/mol. The minimum absolute atomic E-state index is 0.00529. The highest BCUT2D eigenvalue weighted by molar-refractivity contribution is 8.00. The number of ether oxygens (including phenoxy) is 1. The Morgan fingerprint density at radius 3 is 2.14 bits per heavy atom. The van der Waals surface area contributed by atoms with E-state index >= 15 is 0 Å². The number of alkyl halides is 7. The normalized spacial score (nSPS) is 26.0. The maximum atomic E-state index is 15.0. The number of halogens is 7. The number of benzene rings is 1. The molecule has 1 aromatic rings. The lowest BCUT2D eigenvalue weighted by Crippen LogP contribution is -2.71. The second-order valence-electron chi connectivity index (χ2n) is 6.78. The molecule has 158 valence electrons. The van der Waals surface area contributed by atoms with Crippen molar-refractivity contribution >= 4 is 11.8 Å². The Balaban J connectivity index is 1.93. The van der Waals surface area contributed by atoms with Crippen LogP contribution in [0.1, 0.15) is 5.56 Å². The molecule has 0 aliphatic carbocycles. The van der Waals surface area contributed by atoms with Gasteiger partial charge in [-0.15, -0.1) is 11.8 Å². The van der Waals surface area contributed by atoms with E-state index in [0.717, 1.165) is 10.5 Å². The maximum Gasteiger partial charge on any atom is 0.459 e. The molecule has 3 rings (SSSR count). The van der Waals surface area contributed by atoms with E-state index in [1.165, 1.54) is 4.90 Å². The predicted octanol–water partition coefficient (Wildman–Crippen LogP) is 4.05. The van der Waals surface area contributed by atoms with Crippen molar-refractivity contribution in [2.75, 3.05) is 38.7 Å². The van der Waals surface area contributed by atoms with Gasteiger partial charge in [0.15, 0.2) is 4.87 Å². The Labute approximate surface area is 161 Å². The highest BCUT2D eigenvalue weighted by atomic mass is 32.2. The van der Waals surface area contributed by atoms with Gasteiger partial charge in [-0.2, -0.15) is 30.7 Å². The first-order valence-corrected chi connectivity index (χ1v) is 9.55. The quantitative estimate of drug-likeness (QED) is 0.652. The van der Waals surface area contributed by atoms with E-state index < -0.39 is 29.4 Å². The Morgan fingerprint density at radius 1 is 0.964 bits per heavy atom. The minimum atomic E-state index is -6.36. The van der Waals surface area contributed by atoms with Crippen molar-refractivity contribution in [2.24, 2.45) is 0 Å². The summed E-state index contributed by atoms with van der Waals surface area (Å²) in [5, 5.41) is 0. The summed E-state index contributed by atoms with van der Waals surface area (Å²) in [7, 11) is 0. The van der Waals surface area contributed by atoms with Crippen LogP contribution >= 0.6 is 11.8 Å². The second kappa shape index (κ2) is 7.66. The van der Waals surface area contributed by atoms with Crippen LogP contribution < -0.4 is 0 Å². The fourth-order valence-electron chi connectivity index (χ4n) is 3.46. The number of hydrogen-bond donors (Lipinski definition) is 0. The van der Waals surface area contributed by atoms with Crippen LogP contribution in [-0.4, -0.2) is 71.4 Å². The van der Waals surface area contributed by atoms with E-state index in [4.69, 9.17) is 4.74 Å². The highest BCUT2D eigenvalue weighted by Gasteiger charge is 2.81. The SMILES string of the molecule is FC(F)(F)C(F)(F)C(F)(F)C1(N2CCOCC2)CN(Cc2ccccc2)CS1. The first kappa shape index (κ1) is 21.7. The van der Waals surface area contributed by atoms with Crippen LogP contribution in [0.25, 0.3) is 0 Å². The van der Waals surface area contributed by atoms with E-state index in [1.54, 1.807) is 30.3 Å². The molecular weight excluding hydrogens is 413 g/mol. The largest absolute Gasteiger partial charge is 0.459 e. The van der Waals surface area contributed by atoms with Crippen molar-refractivity contribution in [3.63, 3.8) is 0 Å². The third-order valence-electron chi connectivity index (χ3n) is 4.94. The van der Waals surface area contributed by atoms with Crippen LogP contribution in [0.2, 0.25) is 0 Å². The van der Waals surface area contributed by atoms with Gasteiger partial charge in [-0.3, -0.25) is 9.80 Å². The fraction of sp³-hybridized carbons (Fsp3) is 0.647.